The third-order valence-electron chi connectivity index (χ3n) is 2.96. The molecular formula is C12H14F2N2O2. The molecule has 1 unspecified atom stereocenters. The van der Waals surface area contributed by atoms with Crippen molar-refractivity contribution in [3.8, 4) is 0 Å². The maximum Gasteiger partial charge on any atom is 0.265 e. The minimum absolute atomic E-state index is 0.0599. The van der Waals surface area contributed by atoms with Crippen molar-refractivity contribution in [2.75, 3.05) is 30.4 Å². The van der Waals surface area contributed by atoms with E-state index in [0.29, 0.717) is 18.8 Å². The number of morpholine rings is 1. The topological polar surface area (TPSA) is 55.6 Å². The molecule has 1 fully saturated rings. The number of hydrogen-bond acceptors (Lipinski definition) is 4. The van der Waals surface area contributed by atoms with Crippen LogP contribution in [0, 0.1) is 0 Å². The van der Waals surface area contributed by atoms with Gasteiger partial charge in [0.05, 0.1) is 13.2 Å². The van der Waals surface area contributed by atoms with Crippen molar-refractivity contribution in [1.29, 1.82) is 0 Å². The minimum Gasteiger partial charge on any atom is -0.398 e. The summed E-state index contributed by atoms with van der Waals surface area (Å²) in [6.45, 7) is 1.24. The molecule has 0 spiro atoms. The molecule has 1 aliphatic rings. The molecule has 1 saturated heterocycles. The summed E-state index contributed by atoms with van der Waals surface area (Å²) in [7, 11) is 0. The Bertz CT molecular complexity index is 440. The smallest absolute Gasteiger partial charge is 0.265 e. The van der Waals surface area contributed by atoms with E-state index in [9.17, 15) is 13.6 Å². The van der Waals surface area contributed by atoms with Gasteiger partial charge in [-0.25, -0.2) is 8.78 Å². The van der Waals surface area contributed by atoms with Crippen LogP contribution in [0.25, 0.3) is 0 Å². The second kappa shape index (κ2) is 5.30. The highest BCUT2D eigenvalue weighted by molar-refractivity contribution is 5.68. The average Bonchev–Trinajstić information content (AvgIpc) is 2.39. The van der Waals surface area contributed by atoms with Crippen molar-refractivity contribution >= 4 is 17.7 Å². The molecule has 4 nitrogen and oxygen atoms in total. The van der Waals surface area contributed by atoms with Gasteiger partial charge >= 0.3 is 0 Å². The lowest BCUT2D eigenvalue weighted by atomic mass is 10.1. The van der Waals surface area contributed by atoms with E-state index in [1.807, 2.05) is 0 Å². The molecule has 0 bridgehead atoms. The molecule has 1 atom stereocenters. The van der Waals surface area contributed by atoms with Gasteiger partial charge in [0.15, 0.2) is 0 Å². The van der Waals surface area contributed by atoms with Crippen LogP contribution in [0.4, 0.5) is 20.2 Å². The van der Waals surface area contributed by atoms with E-state index < -0.39 is 12.5 Å². The quantitative estimate of drug-likeness (QED) is 0.659. The van der Waals surface area contributed by atoms with Gasteiger partial charge in [-0.05, 0) is 18.2 Å². The van der Waals surface area contributed by atoms with Gasteiger partial charge in [-0.15, -0.1) is 0 Å². The number of rotatable bonds is 3. The number of halogens is 2. The van der Waals surface area contributed by atoms with Crippen LogP contribution in [0.1, 0.15) is 12.0 Å². The monoisotopic (exact) mass is 256 g/mol. The van der Waals surface area contributed by atoms with E-state index in [-0.39, 0.29) is 17.9 Å². The lowest BCUT2D eigenvalue weighted by Gasteiger charge is -2.34. The summed E-state index contributed by atoms with van der Waals surface area (Å²) < 4.78 is 30.7. The molecule has 0 aromatic heterocycles. The summed E-state index contributed by atoms with van der Waals surface area (Å²) >= 11 is 0. The van der Waals surface area contributed by atoms with Crippen LogP contribution in [0.3, 0.4) is 0 Å². The predicted octanol–water partition coefficient (Wildman–Crippen LogP) is 1.61. The van der Waals surface area contributed by atoms with Crippen LogP contribution in [0.5, 0.6) is 0 Å². The Labute approximate surface area is 103 Å². The number of aldehydes is 1. The number of nitrogens with two attached hydrogens (primary N) is 1. The molecule has 0 aliphatic carbocycles. The first kappa shape index (κ1) is 12.8. The molecule has 98 valence electrons. The van der Waals surface area contributed by atoms with Gasteiger partial charge < -0.3 is 20.2 Å². The van der Waals surface area contributed by atoms with Crippen LogP contribution in [-0.2, 0) is 9.53 Å². The third-order valence-corrected chi connectivity index (χ3v) is 2.96. The van der Waals surface area contributed by atoms with Crippen molar-refractivity contribution in [3.05, 3.63) is 23.8 Å². The highest BCUT2D eigenvalue weighted by atomic mass is 19.3. The van der Waals surface area contributed by atoms with Gasteiger partial charge in [0.25, 0.3) is 6.43 Å². The number of nitrogen functional groups attached to an aromatic ring is 1. The first-order valence-electron chi connectivity index (χ1n) is 5.60. The van der Waals surface area contributed by atoms with E-state index >= 15 is 0 Å². The normalized spacial score (nSPS) is 20.2. The summed E-state index contributed by atoms with van der Waals surface area (Å²) in [6, 6.07) is 3.98. The first-order chi connectivity index (χ1) is 8.63. The Morgan fingerprint density at radius 1 is 1.50 bits per heavy atom. The number of anilines is 2. The second-order valence-electron chi connectivity index (χ2n) is 4.09. The van der Waals surface area contributed by atoms with Crippen LogP contribution < -0.4 is 10.6 Å². The van der Waals surface area contributed by atoms with Gasteiger partial charge in [-0.2, -0.15) is 0 Å². The molecule has 0 amide bonds. The molecule has 0 radical (unpaired) electrons. The molecular weight excluding hydrogens is 242 g/mol. The first-order valence-corrected chi connectivity index (χ1v) is 5.60. The standard InChI is InChI=1S/C12H14F2N2O2/c13-12(14)10-5-8(1-2-11(10)15)16-3-4-18-7-9(16)6-17/h1-2,5-6,9,12H,3-4,7,15H2. The maximum atomic E-state index is 12.8. The van der Waals surface area contributed by atoms with E-state index in [1.54, 1.807) is 11.0 Å². The highest BCUT2D eigenvalue weighted by Gasteiger charge is 2.24. The Morgan fingerprint density at radius 2 is 2.28 bits per heavy atom. The van der Waals surface area contributed by atoms with Crippen LogP contribution in [0.2, 0.25) is 0 Å². The molecule has 2 rings (SSSR count). The Morgan fingerprint density at radius 3 is 2.94 bits per heavy atom. The molecule has 1 aliphatic heterocycles. The zero-order valence-electron chi connectivity index (χ0n) is 9.68. The summed E-state index contributed by atoms with van der Waals surface area (Å²) in [5, 5.41) is 0. The summed E-state index contributed by atoms with van der Waals surface area (Å²) in [6.07, 6.45) is -1.86. The fourth-order valence-corrected chi connectivity index (χ4v) is 1.99. The summed E-state index contributed by atoms with van der Waals surface area (Å²) in [4.78, 5) is 12.7. The number of benzene rings is 1. The predicted molar refractivity (Wildman–Crippen MR) is 63.8 cm³/mol. The fourth-order valence-electron chi connectivity index (χ4n) is 1.99. The highest BCUT2D eigenvalue weighted by Crippen LogP contribution is 2.30. The van der Waals surface area contributed by atoms with Crippen LogP contribution in [-0.4, -0.2) is 32.1 Å². The molecule has 1 aromatic carbocycles. The number of nitrogens with zero attached hydrogens (tertiary/aromatic N) is 1. The molecule has 6 heteroatoms. The van der Waals surface area contributed by atoms with E-state index in [2.05, 4.69) is 0 Å². The van der Waals surface area contributed by atoms with Crippen molar-refractivity contribution in [2.45, 2.75) is 12.5 Å². The zero-order valence-corrected chi connectivity index (χ0v) is 9.68. The van der Waals surface area contributed by atoms with Crippen LogP contribution >= 0.6 is 0 Å². The van der Waals surface area contributed by atoms with Crippen molar-refractivity contribution < 1.29 is 18.3 Å². The number of ether oxygens (including phenoxy) is 1. The largest absolute Gasteiger partial charge is 0.398 e. The Hall–Kier alpha value is -1.69. The van der Waals surface area contributed by atoms with E-state index in [1.165, 1.54) is 12.1 Å². The fraction of sp³-hybridized carbons (Fsp3) is 0.417. The van der Waals surface area contributed by atoms with Crippen molar-refractivity contribution in [1.82, 2.24) is 0 Å². The number of hydrogen-bond donors (Lipinski definition) is 1. The molecule has 0 saturated carbocycles. The third kappa shape index (κ3) is 2.43. The number of carbonyl (C=O) groups is 1. The van der Waals surface area contributed by atoms with Gasteiger partial charge in [0.2, 0.25) is 0 Å². The zero-order chi connectivity index (χ0) is 13.1. The lowest BCUT2D eigenvalue weighted by molar-refractivity contribution is -0.111. The SMILES string of the molecule is Nc1ccc(N2CCOCC2C=O)cc1C(F)F. The summed E-state index contributed by atoms with van der Waals surface area (Å²) in [5.41, 5.74) is 5.92. The van der Waals surface area contributed by atoms with Crippen molar-refractivity contribution in [2.24, 2.45) is 0 Å². The lowest BCUT2D eigenvalue weighted by Crippen LogP contribution is -2.46. The Kier molecular flexibility index (Phi) is 3.76. The van der Waals surface area contributed by atoms with E-state index in [0.717, 1.165) is 6.29 Å². The average molecular weight is 256 g/mol. The maximum absolute atomic E-state index is 12.8. The molecule has 1 heterocycles. The molecule has 1 aromatic rings. The van der Waals surface area contributed by atoms with Crippen LogP contribution in [0.15, 0.2) is 18.2 Å². The Balaban J connectivity index is 2.32. The number of carbonyl (C=O) groups excluding carboxylic acids is 1. The molecule has 18 heavy (non-hydrogen) atoms. The molecule has 2 N–H and O–H groups in total. The second-order valence-corrected chi connectivity index (χ2v) is 4.09. The van der Waals surface area contributed by atoms with Gasteiger partial charge in [-0.3, -0.25) is 0 Å². The van der Waals surface area contributed by atoms with Gasteiger partial charge in [-0.1, -0.05) is 0 Å². The van der Waals surface area contributed by atoms with Crippen molar-refractivity contribution in [3.63, 3.8) is 0 Å². The van der Waals surface area contributed by atoms with E-state index in [4.69, 9.17) is 10.5 Å². The van der Waals surface area contributed by atoms with Gasteiger partial charge in [0, 0.05) is 23.5 Å². The summed E-state index contributed by atoms with van der Waals surface area (Å²) in [5.74, 6) is 0. The van der Waals surface area contributed by atoms with Gasteiger partial charge in [0.1, 0.15) is 12.3 Å². The minimum atomic E-state index is -2.62. The number of alkyl halides is 2.